The first-order chi connectivity index (χ1) is 16.8. The van der Waals surface area contributed by atoms with Gasteiger partial charge in [-0.25, -0.2) is 12.8 Å². The molecule has 4 aromatic rings. The molecule has 8 nitrogen and oxygen atoms in total. The van der Waals surface area contributed by atoms with E-state index in [1.54, 1.807) is 24.3 Å². The monoisotopic (exact) mass is 532 g/mol. The molecule has 4 rings (SSSR count). The van der Waals surface area contributed by atoms with Crippen LogP contribution in [-0.4, -0.2) is 38.2 Å². The van der Waals surface area contributed by atoms with Crippen molar-refractivity contribution in [3.8, 4) is 16.3 Å². The molecule has 1 N–H and O–H groups in total. The summed E-state index contributed by atoms with van der Waals surface area (Å²) in [7, 11) is -2.71. The number of nitrogens with zero attached hydrogens (tertiary/aromatic N) is 3. The van der Waals surface area contributed by atoms with Crippen LogP contribution < -0.4 is 14.4 Å². The number of methoxy groups -OCH3 is 1. The van der Waals surface area contributed by atoms with Gasteiger partial charge in [0, 0.05) is 10.6 Å². The molecule has 0 spiro atoms. The van der Waals surface area contributed by atoms with Crippen molar-refractivity contribution in [3.05, 3.63) is 83.6 Å². The Morgan fingerprint density at radius 3 is 2.31 bits per heavy atom. The molecule has 0 radical (unpaired) electrons. The van der Waals surface area contributed by atoms with Gasteiger partial charge in [-0.05, 0) is 60.7 Å². The minimum absolute atomic E-state index is 0.0589. The Morgan fingerprint density at radius 2 is 1.69 bits per heavy atom. The van der Waals surface area contributed by atoms with E-state index in [2.05, 4.69) is 15.5 Å². The number of halogens is 2. The highest BCUT2D eigenvalue weighted by Crippen LogP contribution is 2.28. The van der Waals surface area contributed by atoms with Crippen LogP contribution in [-0.2, 0) is 14.8 Å². The van der Waals surface area contributed by atoms with Crippen LogP contribution >= 0.6 is 22.9 Å². The normalized spacial score (nSPS) is 11.2. The molecule has 3 aromatic carbocycles. The second-order valence-electron chi connectivity index (χ2n) is 7.13. The number of ether oxygens (including phenoxy) is 1. The third-order valence-electron chi connectivity index (χ3n) is 4.81. The summed E-state index contributed by atoms with van der Waals surface area (Å²) in [4.78, 5) is 12.8. The van der Waals surface area contributed by atoms with Gasteiger partial charge in [-0.1, -0.05) is 35.1 Å². The molecular weight excluding hydrogens is 515 g/mol. The maximum Gasteiger partial charge on any atom is 0.264 e. The molecule has 0 atom stereocenters. The van der Waals surface area contributed by atoms with Crippen LogP contribution in [0.4, 0.5) is 15.2 Å². The molecule has 0 saturated carbocycles. The predicted molar refractivity (Wildman–Crippen MR) is 133 cm³/mol. The van der Waals surface area contributed by atoms with Crippen molar-refractivity contribution in [1.29, 1.82) is 0 Å². The van der Waals surface area contributed by atoms with Gasteiger partial charge in [0.15, 0.2) is 0 Å². The third-order valence-corrected chi connectivity index (χ3v) is 7.74. The van der Waals surface area contributed by atoms with Gasteiger partial charge in [-0.15, -0.1) is 10.2 Å². The van der Waals surface area contributed by atoms with E-state index in [4.69, 9.17) is 16.3 Å². The molecule has 0 bridgehead atoms. The lowest BCUT2D eigenvalue weighted by Crippen LogP contribution is -2.38. The summed E-state index contributed by atoms with van der Waals surface area (Å²) in [6, 6.07) is 17.5. The number of sulfonamides is 1. The number of rotatable bonds is 8. The Balaban J connectivity index is 1.58. The van der Waals surface area contributed by atoms with Gasteiger partial charge < -0.3 is 4.74 Å². The van der Waals surface area contributed by atoms with E-state index in [0.717, 1.165) is 33.3 Å². The topological polar surface area (TPSA) is 101 Å². The number of amides is 1. The lowest BCUT2D eigenvalue weighted by molar-refractivity contribution is -0.114. The van der Waals surface area contributed by atoms with Crippen molar-refractivity contribution >= 4 is 49.7 Å². The smallest absolute Gasteiger partial charge is 0.264 e. The zero-order valence-electron chi connectivity index (χ0n) is 18.2. The van der Waals surface area contributed by atoms with Crippen LogP contribution in [0.15, 0.2) is 77.7 Å². The molecule has 0 saturated heterocycles. The van der Waals surface area contributed by atoms with Gasteiger partial charge in [0.1, 0.15) is 23.1 Å². The highest BCUT2D eigenvalue weighted by Gasteiger charge is 2.28. The Hall–Kier alpha value is -3.54. The van der Waals surface area contributed by atoms with Crippen LogP contribution in [0.5, 0.6) is 5.75 Å². The first kappa shape index (κ1) is 24.6. The lowest BCUT2D eigenvalue weighted by atomic mass is 10.2. The van der Waals surface area contributed by atoms with Crippen LogP contribution in [0.25, 0.3) is 10.6 Å². The first-order valence-corrected chi connectivity index (χ1v) is 12.7. The average Bonchev–Trinajstić information content (AvgIpc) is 3.32. The van der Waals surface area contributed by atoms with Crippen molar-refractivity contribution in [1.82, 2.24) is 10.2 Å². The lowest BCUT2D eigenvalue weighted by Gasteiger charge is -2.24. The fraction of sp³-hybridized carbons (Fsp3) is 0.0870. The van der Waals surface area contributed by atoms with Gasteiger partial charge in [-0.2, -0.15) is 0 Å². The number of carbonyl (C=O) groups excluding carboxylic acids is 1. The second kappa shape index (κ2) is 10.4. The van der Waals surface area contributed by atoms with E-state index >= 15 is 0 Å². The van der Waals surface area contributed by atoms with E-state index < -0.39 is 28.3 Å². The summed E-state index contributed by atoms with van der Waals surface area (Å²) in [5, 5.41) is 11.9. The minimum atomic E-state index is -4.17. The molecule has 1 heterocycles. The Labute approximate surface area is 210 Å². The minimum Gasteiger partial charge on any atom is -0.497 e. The van der Waals surface area contributed by atoms with Crippen molar-refractivity contribution in [2.75, 3.05) is 23.3 Å². The van der Waals surface area contributed by atoms with Crippen molar-refractivity contribution in [2.45, 2.75) is 4.90 Å². The van der Waals surface area contributed by atoms with Crippen molar-refractivity contribution in [3.63, 3.8) is 0 Å². The summed E-state index contributed by atoms with van der Waals surface area (Å²) in [5.41, 5.74) is 0.888. The molecule has 0 aliphatic rings. The number of hydrogen-bond acceptors (Lipinski definition) is 7. The van der Waals surface area contributed by atoms with E-state index in [1.807, 2.05) is 0 Å². The molecule has 1 aromatic heterocycles. The number of hydrogen-bond donors (Lipinski definition) is 1. The van der Waals surface area contributed by atoms with Crippen LogP contribution in [0, 0.1) is 5.82 Å². The summed E-state index contributed by atoms with van der Waals surface area (Å²) in [6.45, 7) is -0.574. The van der Waals surface area contributed by atoms with Gasteiger partial charge in [0.25, 0.3) is 10.0 Å². The maximum atomic E-state index is 13.5. The highest BCUT2D eigenvalue weighted by molar-refractivity contribution is 7.92. The van der Waals surface area contributed by atoms with E-state index in [1.165, 1.54) is 43.5 Å². The fourth-order valence-corrected chi connectivity index (χ4v) is 5.38. The number of anilines is 2. The Morgan fingerprint density at radius 1 is 1.03 bits per heavy atom. The van der Waals surface area contributed by atoms with Crippen molar-refractivity contribution in [2.24, 2.45) is 0 Å². The zero-order chi connectivity index (χ0) is 25.0. The summed E-state index contributed by atoms with van der Waals surface area (Å²) < 4.78 is 46.3. The summed E-state index contributed by atoms with van der Waals surface area (Å²) >= 11 is 7.03. The maximum absolute atomic E-state index is 13.5. The molecule has 0 aliphatic carbocycles. The first-order valence-electron chi connectivity index (χ1n) is 10.1. The second-order valence-corrected chi connectivity index (χ2v) is 10.4. The molecule has 0 unspecified atom stereocenters. The largest absolute Gasteiger partial charge is 0.497 e. The van der Waals surface area contributed by atoms with Gasteiger partial charge in [-0.3, -0.25) is 14.4 Å². The standard InChI is InChI=1S/C23H18ClFN4O4S2/c1-33-19-10-12-20(13-11-19)35(31,32)29(18-8-6-17(25)7-9-18)14-21(30)26-23-28-27-22(34-23)15-2-4-16(24)5-3-15/h2-13H,14H2,1H3,(H,26,28,30). The third kappa shape index (κ3) is 5.76. The van der Waals surface area contributed by atoms with Crippen LogP contribution in [0.3, 0.4) is 0 Å². The molecule has 0 fully saturated rings. The van der Waals surface area contributed by atoms with Gasteiger partial charge >= 0.3 is 0 Å². The average molecular weight is 533 g/mol. The molecule has 1 amide bonds. The summed E-state index contributed by atoms with van der Waals surface area (Å²) in [6.07, 6.45) is 0. The van der Waals surface area contributed by atoms with E-state index in [0.29, 0.717) is 15.8 Å². The number of benzene rings is 3. The van der Waals surface area contributed by atoms with Crippen molar-refractivity contribution < 1.29 is 22.3 Å². The molecule has 0 aliphatic heterocycles. The Bertz CT molecular complexity index is 1430. The van der Waals surface area contributed by atoms with E-state index in [9.17, 15) is 17.6 Å². The van der Waals surface area contributed by atoms with E-state index in [-0.39, 0.29) is 15.7 Å². The fourth-order valence-electron chi connectivity index (χ4n) is 3.07. The summed E-state index contributed by atoms with van der Waals surface area (Å²) in [5.74, 6) is -0.711. The zero-order valence-corrected chi connectivity index (χ0v) is 20.6. The number of nitrogens with one attached hydrogen (secondary N) is 1. The Kier molecular flexibility index (Phi) is 7.29. The number of aromatic nitrogens is 2. The number of carbonyl (C=O) groups is 1. The molecule has 12 heteroatoms. The molecular formula is C23H18ClFN4O4S2. The quantitative estimate of drug-likeness (QED) is 0.348. The van der Waals surface area contributed by atoms with Gasteiger partial charge in [0.2, 0.25) is 11.0 Å². The highest BCUT2D eigenvalue weighted by atomic mass is 35.5. The van der Waals surface area contributed by atoms with Crippen LogP contribution in [0.2, 0.25) is 5.02 Å². The molecule has 180 valence electrons. The van der Waals surface area contributed by atoms with Crippen LogP contribution in [0.1, 0.15) is 0 Å². The predicted octanol–water partition coefficient (Wildman–Crippen LogP) is 4.84. The SMILES string of the molecule is COc1ccc(S(=O)(=O)N(CC(=O)Nc2nnc(-c3ccc(Cl)cc3)s2)c2ccc(F)cc2)cc1. The molecule has 35 heavy (non-hydrogen) atoms. The van der Waals surface area contributed by atoms with Gasteiger partial charge in [0.05, 0.1) is 17.7 Å².